The van der Waals surface area contributed by atoms with Crippen LogP contribution in [0, 0.1) is 0 Å². The number of aromatic nitrogens is 3. The molecule has 1 saturated heterocycles. The number of amides is 1. The van der Waals surface area contributed by atoms with Gasteiger partial charge in [-0.2, -0.15) is 4.98 Å². The van der Waals surface area contributed by atoms with Gasteiger partial charge < -0.3 is 20.4 Å². The van der Waals surface area contributed by atoms with Crippen LogP contribution in [0.15, 0.2) is 71.3 Å². The number of aromatic amines is 1. The molecule has 0 saturated carbocycles. The second-order valence-corrected chi connectivity index (χ2v) is 7.92. The molecule has 1 amide bonds. The Bertz CT molecular complexity index is 1230. The molecule has 5 N–H and O–H groups in total. The number of primary amides is 1. The lowest BCUT2D eigenvalue weighted by molar-refractivity contribution is -0.741. The van der Waals surface area contributed by atoms with Gasteiger partial charge in [-0.25, -0.2) is 0 Å². The number of hydrogen-bond acceptors (Lipinski definition) is 6. The van der Waals surface area contributed by atoms with Crippen molar-refractivity contribution < 1.29 is 13.9 Å². The van der Waals surface area contributed by atoms with Gasteiger partial charge in [0.05, 0.1) is 6.07 Å². The summed E-state index contributed by atoms with van der Waals surface area (Å²) in [5.74, 6) is 0.392. The maximum Gasteiger partial charge on any atom is 0.301 e. The van der Waals surface area contributed by atoms with E-state index in [1.165, 1.54) is 5.56 Å². The molecule has 9 nitrogen and oxygen atoms in total. The average Bonchev–Trinajstić information content (AvgIpc) is 3.48. The van der Waals surface area contributed by atoms with Crippen molar-refractivity contribution >= 4 is 23.4 Å². The highest BCUT2D eigenvalue weighted by atomic mass is 16.4. The summed E-state index contributed by atoms with van der Waals surface area (Å²) in [6.45, 7) is 4.56. The Balaban J connectivity index is 1.34. The number of rotatable bonds is 7. The summed E-state index contributed by atoms with van der Waals surface area (Å²) in [7, 11) is 0. The summed E-state index contributed by atoms with van der Waals surface area (Å²) < 4.78 is 7.84. The maximum absolute atomic E-state index is 12.0. The van der Waals surface area contributed by atoms with Crippen molar-refractivity contribution in [2.45, 2.75) is 6.54 Å². The molecule has 4 aromatic rings. The number of benzene rings is 2. The first-order valence-electron chi connectivity index (χ1n) is 10.9. The van der Waals surface area contributed by atoms with Gasteiger partial charge >= 0.3 is 6.01 Å². The lowest BCUT2D eigenvalue weighted by Gasteiger charge is -2.29. The predicted octanol–water partition coefficient (Wildman–Crippen LogP) is 2.26. The molecule has 9 heteroatoms. The van der Waals surface area contributed by atoms with Crippen molar-refractivity contribution in [1.82, 2.24) is 15.4 Å². The van der Waals surface area contributed by atoms with Gasteiger partial charge in [0.15, 0.2) is 30.0 Å². The van der Waals surface area contributed by atoms with Gasteiger partial charge in [-0.05, 0) is 24.3 Å². The molecule has 1 aliphatic rings. The van der Waals surface area contributed by atoms with E-state index >= 15 is 0 Å². The van der Waals surface area contributed by atoms with Crippen LogP contribution in [0.4, 0.5) is 17.5 Å². The second kappa shape index (κ2) is 9.17. The molecule has 0 aliphatic carbocycles. The quantitative estimate of drug-likeness (QED) is 0.325. The molecule has 1 aliphatic heterocycles. The summed E-state index contributed by atoms with van der Waals surface area (Å²) in [5.41, 5.74) is 8.73. The van der Waals surface area contributed by atoms with E-state index in [0.717, 1.165) is 37.4 Å². The average molecular weight is 445 g/mol. The number of nitrogens with two attached hydrogens (primary N) is 1. The molecule has 0 unspecified atom stereocenters. The standard InChI is InChI=1S/C24H25N7O2/c25-23(32)21-22(18-6-8-19(9-7-18)30-14-11-26-12-15-30)33-24(28-21)27-20-10-13-31(29-20)16-17-4-2-1-3-5-17/h1-10,13,26H,11-12,14-16H2,(H3,25,27,28,29,32)/p+1. The Morgan fingerprint density at radius 1 is 1.09 bits per heavy atom. The summed E-state index contributed by atoms with van der Waals surface area (Å²) in [4.78, 5) is 18.6. The first kappa shape index (κ1) is 20.8. The minimum absolute atomic E-state index is 0.0936. The lowest BCUT2D eigenvalue weighted by atomic mass is 10.1. The van der Waals surface area contributed by atoms with Crippen molar-refractivity contribution in [2.24, 2.45) is 5.73 Å². The van der Waals surface area contributed by atoms with Crippen molar-refractivity contribution in [1.29, 1.82) is 0 Å². The number of carbonyl (C=O) groups is 1. The summed E-state index contributed by atoms with van der Waals surface area (Å²) in [6.07, 6.45) is 1.92. The maximum atomic E-state index is 12.0. The monoisotopic (exact) mass is 444 g/mol. The van der Waals surface area contributed by atoms with Gasteiger partial charge in [0.1, 0.15) is 0 Å². The highest BCUT2D eigenvalue weighted by Crippen LogP contribution is 2.30. The van der Waals surface area contributed by atoms with Crippen molar-refractivity contribution in [3.63, 3.8) is 0 Å². The molecule has 3 heterocycles. The number of oxazole rings is 1. The predicted molar refractivity (Wildman–Crippen MR) is 125 cm³/mol. The van der Waals surface area contributed by atoms with Crippen molar-refractivity contribution in [3.05, 3.63) is 78.1 Å². The number of hydrogen-bond donors (Lipinski definition) is 4. The van der Waals surface area contributed by atoms with E-state index in [9.17, 15) is 4.79 Å². The summed E-state index contributed by atoms with van der Waals surface area (Å²) in [5, 5.41) is 9.66. The number of piperazine rings is 1. The zero-order chi connectivity index (χ0) is 22.6. The van der Waals surface area contributed by atoms with E-state index in [1.54, 1.807) is 0 Å². The smallest absolute Gasteiger partial charge is 0.301 e. The van der Waals surface area contributed by atoms with E-state index in [2.05, 4.69) is 37.7 Å². The first-order chi connectivity index (χ1) is 16.2. The molecule has 2 aromatic carbocycles. The third-order valence-corrected chi connectivity index (χ3v) is 5.59. The molecule has 5 rings (SSSR count). The van der Waals surface area contributed by atoms with Crippen molar-refractivity contribution in [3.8, 4) is 11.3 Å². The van der Waals surface area contributed by atoms with Crippen molar-refractivity contribution in [2.75, 3.05) is 36.4 Å². The highest BCUT2D eigenvalue weighted by Gasteiger charge is 2.21. The molecule has 0 spiro atoms. The Hall–Kier alpha value is -4.11. The third-order valence-electron chi connectivity index (χ3n) is 5.59. The first-order valence-corrected chi connectivity index (χ1v) is 10.9. The fourth-order valence-electron chi connectivity index (χ4n) is 3.93. The Morgan fingerprint density at radius 3 is 2.58 bits per heavy atom. The zero-order valence-electron chi connectivity index (χ0n) is 18.1. The van der Waals surface area contributed by atoms with Gasteiger partial charge in [-0.3, -0.25) is 10.1 Å². The van der Waals surface area contributed by atoms with Gasteiger partial charge in [0.25, 0.3) is 5.91 Å². The Labute approximate surface area is 191 Å². The normalized spacial score (nSPS) is 13.8. The van der Waals surface area contributed by atoms with Crippen LogP contribution in [0.25, 0.3) is 11.3 Å². The second-order valence-electron chi connectivity index (χ2n) is 7.92. The third kappa shape index (κ3) is 4.73. The fraction of sp³-hybridized carbons (Fsp3) is 0.208. The van der Waals surface area contributed by atoms with E-state index in [0.29, 0.717) is 18.1 Å². The minimum atomic E-state index is -0.640. The van der Waals surface area contributed by atoms with Gasteiger partial charge in [0, 0.05) is 43.0 Å². The van der Waals surface area contributed by atoms with E-state index < -0.39 is 5.91 Å². The lowest BCUT2D eigenvalue weighted by Crippen LogP contribution is -2.43. The SMILES string of the molecule is NC(=O)c1nc(Nc2cc[n+](Cc3ccccc3)[nH]2)oc1-c1ccc(N2CCNCC2)cc1. The molecule has 0 bridgehead atoms. The van der Waals surface area contributed by atoms with Gasteiger partial charge in [0.2, 0.25) is 0 Å². The van der Waals surface area contributed by atoms with Crippen LogP contribution in [0.1, 0.15) is 16.1 Å². The molecule has 0 atom stereocenters. The van der Waals surface area contributed by atoms with Crippen LogP contribution in [0.5, 0.6) is 0 Å². The molecule has 1 fully saturated rings. The van der Waals surface area contributed by atoms with Crippen LogP contribution in [-0.2, 0) is 6.54 Å². The minimum Gasteiger partial charge on any atom is -0.422 e. The molecular formula is C24H26N7O2+. The zero-order valence-corrected chi connectivity index (χ0v) is 18.1. The number of nitrogens with one attached hydrogen (secondary N) is 3. The number of carbonyl (C=O) groups excluding carboxylic acids is 1. The Morgan fingerprint density at radius 2 is 1.85 bits per heavy atom. The molecule has 2 aromatic heterocycles. The van der Waals surface area contributed by atoms with E-state index in [4.69, 9.17) is 10.2 Å². The molecular weight excluding hydrogens is 418 g/mol. The van der Waals surface area contributed by atoms with Crippen LogP contribution in [-0.4, -0.2) is 42.2 Å². The highest BCUT2D eigenvalue weighted by molar-refractivity contribution is 5.97. The topological polar surface area (TPSA) is 116 Å². The van der Waals surface area contributed by atoms with E-state index in [1.807, 2.05) is 59.4 Å². The summed E-state index contributed by atoms with van der Waals surface area (Å²) >= 11 is 0. The van der Waals surface area contributed by atoms with Crippen LogP contribution < -0.4 is 25.9 Å². The van der Waals surface area contributed by atoms with Crippen LogP contribution in [0.2, 0.25) is 0 Å². The molecule has 33 heavy (non-hydrogen) atoms. The fourth-order valence-corrected chi connectivity index (χ4v) is 3.93. The van der Waals surface area contributed by atoms with Crippen LogP contribution in [0.3, 0.4) is 0 Å². The van der Waals surface area contributed by atoms with Gasteiger partial charge in [-0.15, -0.1) is 9.78 Å². The number of H-pyrrole nitrogens is 1. The molecule has 0 radical (unpaired) electrons. The van der Waals surface area contributed by atoms with Crippen LogP contribution >= 0.6 is 0 Å². The van der Waals surface area contributed by atoms with Gasteiger partial charge in [-0.1, -0.05) is 30.3 Å². The van der Waals surface area contributed by atoms with E-state index in [-0.39, 0.29) is 11.7 Å². The largest absolute Gasteiger partial charge is 0.422 e. The summed E-state index contributed by atoms with van der Waals surface area (Å²) in [6, 6.07) is 20.1. The molecule has 168 valence electrons. The number of nitrogens with zero attached hydrogens (tertiary/aromatic N) is 3. The Kier molecular flexibility index (Phi) is 5.77. The number of anilines is 3.